The van der Waals surface area contributed by atoms with E-state index in [0.29, 0.717) is 18.2 Å². The monoisotopic (exact) mass is 254 g/mol. The van der Waals surface area contributed by atoms with Crippen molar-refractivity contribution in [1.29, 1.82) is 0 Å². The fourth-order valence-corrected chi connectivity index (χ4v) is 4.24. The van der Waals surface area contributed by atoms with Gasteiger partial charge in [-0.25, -0.2) is 0 Å². The van der Waals surface area contributed by atoms with Gasteiger partial charge in [0.15, 0.2) is 0 Å². The molecule has 3 atom stereocenters. The summed E-state index contributed by atoms with van der Waals surface area (Å²) >= 11 is 0. The number of ether oxygens (including phenoxy) is 1. The second kappa shape index (κ2) is 5.48. The zero-order valence-corrected chi connectivity index (χ0v) is 12.5. The van der Waals surface area contributed by atoms with Crippen LogP contribution >= 0.6 is 0 Å². The van der Waals surface area contributed by atoms with Crippen molar-refractivity contribution >= 4 is 0 Å². The van der Waals surface area contributed by atoms with Gasteiger partial charge >= 0.3 is 0 Å². The molecule has 0 bridgehead atoms. The summed E-state index contributed by atoms with van der Waals surface area (Å²) in [5.74, 6) is 0.726. The number of likely N-dealkylation sites (tertiary alicyclic amines) is 1. The lowest BCUT2D eigenvalue weighted by Crippen LogP contribution is -2.61. The summed E-state index contributed by atoms with van der Waals surface area (Å²) in [6.45, 7) is 11.1. The van der Waals surface area contributed by atoms with Gasteiger partial charge in [-0.1, -0.05) is 13.8 Å². The molecule has 0 saturated carbocycles. The van der Waals surface area contributed by atoms with Gasteiger partial charge < -0.3 is 10.5 Å². The Bertz CT molecular complexity index is 270. The Morgan fingerprint density at radius 3 is 2.39 bits per heavy atom. The van der Waals surface area contributed by atoms with Gasteiger partial charge in [0.05, 0.1) is 12.2 Å². The van der Waals surface area contributed by atoms with Crippen molar-refractivity contribution in [1.82, 2.24) is 4.90 Å². The van der Waals surface area contributed by atoms with E-state index in [0.717, 1.165) is 25.3 Å². The molecular weight excluding hydrogens is 224 g/mol. The zero-order chi connectivity index (χ0) is 13.3. The summed E-state index contributed by atoms with van der Waals surface area (Å²) in [6.07, 6.45) is 5.53. The Balaban J connectivity index is 2.20. The molecule has 18 heavy (non-hydrogen) atoms. The summed E-state index contributed by atoms with van der Waals surface area (Å²) in [7, 11) is 0. The van der Waals surface area contributed by atoms with Crippen LogP contribution in [0.3, 0.4) is 0 Å². The van der Waals surface area contributed by atoms with Crippen LogP contribution in [0.4, 0.5) is 0 Å². The van der Waals surface area contributed by atoms with Gasteiger partial charge in [0.2, 0.25) is 0 Å². The minimum atomic E-state index is 0.183. The molecule has 3 unspecified atom stereocenters. The van der Waals surface area contributed by atoms with Crippen molar-refractivity contribution in [2.45, 2.75) is 77.2 Å². The average molecular weight is 254 g/mol. The van der Waals surface area contributed by atoms with Crippen LogP contribution in [0.25, 0.3) is 0 Å². The highest BCUT2D eigenvalue weighted by Crippen LogP contribution is 2.39. The van der Waals surface area contributed by atoms with Crippen LogP contribution in [0.2, 0.25) is 0 Å². The van der Waals surface area contributed by atoms with Gasteiger partial charge in [0.1, 0.15) is 0 Å². The number of nitrogens with two attached hydrogens (primary N) is 1. The van der Waals surface area contributed by atoms with E-state index in [9.17, 15) is 0 Å². The van der Waals surface area contributed by atoms with Crippen LogP contribution < -0.4 is 5.73 Å². The first-order valence-corrected chi connectivity index (χ1v) is 7.61. The lowest BCUT2D eigenvalue weighted by Gasteiger charge is -2.51. The number of nitrogens with zero attached hydrogens (tertiary/aromatic N) is 1. The Kier molecular flexibility index (Phi) is 4.35. The normalized spacial score (nSPS) is 42.7. The molecule has 0 radical (unpaired) electrons. The highest BCUT2D eigenvalue weighted by molar-refractivity contribution is 5.02. The summed E-state index contributed by atoms with van der Waals surface area (Å²) in [5.41, 5.74) is 6.39. The molecule has 3 heteroatoms. The van der Waals surface area contributed by atoms with Crippen molar-refractivity contribution in [3.05, 3.63) is 0 Å². The number of rotatable bonds is 3. The van der Waals surface area contributed by atoms with Crippen molar-refractivity contribution in [2.24, 2.45) is 11.7 Å². The molecule has 0 aromatic carbocycles. The minimum absolute atomic E-state index is 0.183. The van der Waals surface area contributed by atoms with Gasteiger partial charge in [-0.05, 0) is 52.0 Å². The lowest BCUT2D eigenvalue weighted by atomic mass is 9.81. The third-order valence-corrected chi connectivity index (χ3v) is 4.86. The number of hydrogen-bond donors (Lipinski definition) is 1. The molecule has 0 aromatic rings. The smallest absolute Gasteiger partial charge is 0.0568 e. The average Bonchev–Trinajstić information content (AvgIpc) is 2.76. The molecule has 0 aliphatic carbocycles. The number of hydrogen-bond acceptors (Lipinski definition) is 3. The molecule has 106 valence electrons. The molecule has 2 heterocycles. The maximum Gasteiger partial charge on any atom is 0.0568 e. The van der Waals surface area contributed by atoms with Crippen molar-refractivity contribution in [3.8, 4) is 0 Å². The van der Waals surface area contributed by atoms with Gasteiger partial charge in [-0.3, -0.25) is 4.90 Å². The van der Waals surface area contributed by atoms with Crippen LogP contribution in [-0.2, 0) is 4.74 Å². The van der Waals surface area contributed by atoms with E-state index >= 15 is 0 Å². The summed E-state index contributed by atoms with van der Waals surface area (Å²) in [6, 6.07) is 0.714. The maximum atomic E-state index is 6.21. The van der Waals surface area contributed by atoms with Crippen LogP contribution in [-0.4, -0.2) is 41.8 Å². The molecule has 3 nitrogen and oxygen atoms in total. The molecule has 2 aliphatic rings. The van der Waals surface area contributed by atoms with Crippen LogP contribution in [0.1, 0.15) is 53.4 Å². The summed E-state index contributed by atoms with van der Waals surface area (Å²) < 4.78 is 5.92. The van der Waals surface area contributed by atoms with Crippen molar-refractivity contribution < 1.29 is 4.74 Å². The second-order valence-corrected chi connectivity index (χ2v) is 6.74. The summed E-state index contributed by atoms with van der Waals surface area (Å²) in [5, 5.41) is 0. The van der Waals surface area contributed by atoms with Crippen LogP contribution in [0.5, 0.6) is 0 Å². The highest BCUT2D eigenvalue weighted by atomic mass is 16.5. The molecule has 2 rings (SSSR count). The minimum Gasteiger partial charge on any atom is -0.375 e. The quantitative estimate of drug-likeness (QED) is 0.840. The standard InChI is InChI=1S/C15H30N2O/c1-11(2)14-6-5-7-17(14)15(10-16)8-12(3)18-13(4)9-15/h11-14H,5-10,16H2,1-4H3. The Morgan fingerprint density at radius 2 is 1.89 bits per heavy atom. The van der Waals surface area contributed by atoms with Crippen molar-refractivity contribution in [2.75, 3.05) is 13.1 Å². The third kappa shape index (κ3) is 2.59. The molecule has 2 N–H and O–H groups in total. The van der Waals surface area contributed by atoms with E-state index in [-0.39, 0.29) is 5.54 Å². The van der Waals surface area contributed by atoms with E-state index in [4.69, 9.17) is 10.5 Å². The molecule has 2 fully saturated rings. The van der Waals surface area contributed by atoms with Crippen LogP contribution in [0, 0.1) is 5.92 Å². The largest absolute Gasteiger partial charge is 0.375 e. The predicted octanol–water partition coefficient (Wildman–Crippen LogP) is 2.39. The van der Waals surface area contributed by atoms with E-state index in [1.165, 1.54) is 19.4 Å². The fraction of sp³-hybridized carbons (Fsp3) is 1.00. The highest BCUT2D eigenvalue weighted by Gasteiger charge is 2.46. The van der Waals surface area contributed by atoms with Gasteiger partial charge in [-0.2, -0.15) is 0 Å². The molecule has 2 saturated heterocycles. The fourth-order valence-electron chi connectivity index (χ4n) is 4.24. The topological polar surface area (TPSA) is 38.5 Å². The third-order valence-electron chi connectivity index (χ3n) is 4.86. The van der Waals surface area contributed by atoms with Crippen molar-refractivity contribution in [3.63, 3.8) is 0 Å². The predicted molar refractivity (Wildman–Crippen MR) is 75.6 cm³/mol. The SMILES string of the molecule is CC1CC(CN)(N2CCCC2C(C)C)CC(C)O1. The first-order valence-electron chi connectivity index (χ1n) is 7.61. The molecule has 0 spiro atoms. The van der Waals surface area contributed by atoms with E-state index in [1.54, 1.807) is 0 Å². The second-order valence-electron chi connectivity index (χ2n) is 6.74. The Morgan fingerprint density at radius 1 is 1.28 bits per heavy atom. The zero-order valence-electron chi connectivity index (χ0n) is 12.5. The molecule has 0 amide bonds. The summed E-state index contributed by atoms with van der Waals surface area (Å²) in [4.78, 5) is 2.73. The molecule has 2 aliphatic heterocycles. The van der Waals surface area contributed by atoms with E-state index in [2.05, 4.69) is 32.6 Å². The Labute approximate surface area is 112 Å². The lowest BCUT2D eigenvalue weighted by molar-refractivity contribution is -0.109. The molecule has 0 aromatic heterocycles. The maximum absolute atomic E-state index is 6.21. The van der Waals surface area contributed by atoms with Gasteiger partial charge in [0, 0.05) is 18.1 Å². The first-order chi connectivity index (χ1) is 8.48. The van der Waals surface area contributed by atoms with Gasteiger partial charge in [0.25, 0.3) is 0 Å². The first kappa shape index (κ1) is 14.3. The Hall–Kier alpha value is -0.120. The van der Waals surface area contributed by atoms with E-state index < -0.39 is 0 Å². The van der Waals surface area contributed by atoms with E-state index in [1.807, 2.05) is 0 Å². The van der Waals surface area contributed by atoms with Gasteiger partial charge in [-0.15, -0.1) is 0 Å². The van der Waals surface area contributed by atoms with Crippen LogP contribution in [0.15, 0.2) is 0 Å². The molecular formula is C15H30N2O.